The van der Waals surface area contributed by atoms with Gasteiger partial charge in [-0.25, -0.2) is 0 Å². The molecule has 6 nitrogen and oxygen atoms in total. The summed E-state index contributed by atoms with van der Waals surface area (Å²) in [7, 11) is 0. The molecule has 0 fully saturated rings. The molecule has 2 rings (SSSR count). The van der Waals surface area contributed by atoms with Gasteiger partial charge >= 0.3 is 5.97 Å². The summed E-state index contributed by atoms with van der Waals surface area (Å²) in [5.41, 5.74) is 1.77. The number of hydrogen-bond donors (Lipinski definition) is 2. The van der Waals surface area contributed by atoms with Crippen molar-refractivity contribution in [3.63, 3.8) is 0 Å². The first kappa shape index (κ1) is 16.2. The Morgan fingerprint density at radius 1 is 1.45 bits per heavy atom. The molecule has 0 spiro atoms. The highest BCUT2D eigenvalue weighted by molar-refractivity contribution is 7.71. The summed E-state index contributed by atoms with van der Waals surface area (Å²) in [6.45, 7) is 3.97. The van der Waals surface area contributed by atoms with Gasteiger partial charge in [-0.1, -0.05) is 0 Å². The summed E-state index contributed by atoms with van der Waals surface area (Å²) >= 11 is 4.91. The van der Waals surface area contributed by atoms with Crippen LogP contribution in [0, 0.1) is 4.84 Å². The molecule has 0 aliphatic carbocycles. The van der Waals surface area contributed by atoms with Crippen molar-refractivity contribution in [2.24, 2.45) is 0 Å². The van der Waals surface area contributed by atoms with E-state index in [0.29, 0.717) is 24.2 Å². The van der Waals surface area contributed by atoms with Crippen LogP contribution in [-0.4, -0.2) is 29.5 Å². The van der Waals surface area contributed by atoms with Crippen LogP contribution in [0.2, 0.25) is 0 Å². The van der Waals surface area contributed by atoms with Crippen LogP contribution in [0.1, 0.15) is 37.0 Å². The van der Waals surface area contributed by atoms with Crippen LogP contribution >= 0.6 is 12.2 Å². The van der Waals surface area contributed by atoms with Gasteiger partial charge in [0.05, 0.1) is 12.1 Å². The number of esters is 1. The first-order valence-corrected chi connectivity index (χ1v) is 7.49. The Balaban J connectivity index is 1.95. The fourth-order valence-electron chi connectivity index (χ4n) is 2.03. The number of ether oxygens (including phenoxy) is 1. The molecule has 2 aromatic rings. The summed E-state index contributed by atoms with van der Waals surface area (Å²) in [6.07, 6.45) is 0.804. The molecule has 2 N–H and O–H groups in total. The fourth-order valence-corrected chi connectivity index (χ4v) is 2.23. The number of carbonyl (C=O) groups is 2. The third-order valence-corrected chi connectivity index (χ3v) is 3.33. The molecular weight excluding hydrogens is 304 g/mol. The molecule has 0 aliphatic heterocycles. The van der Waals surface area contributed by atoms with E-state index in [4.69, 9.17) is 21.4 Å². The Kier molecular flexibility index (Phi) is 5.32. The molecule has 22 heavy (non-hydrogen) atoms. The highest BCUT2D eigenvalue weighted by Crippen LogP contribution is 2.15. The van der Waals surface area contributed by atoms with Crippen LogP contribution in [0.15, 0.2) is 22.6 Å². The molecule has 0 saturated heterocycles. The van der Waals surface area contributed by atoms with Crippen LogP contribution < -0.4 is 5.32 Å². The average molecular weight is 322 g/mol. The first-order chi connectivity index (χ1) is 10.5. The number of hydrogen-bond acceptors (Lipinski definition) is 5. The maximum atomic E-state index is 12.2. The molecule has 1 amide bonds. The minimum atomic E-state index is -0.255. The largest absolute Gasteiger partial charge is 0.466 e. The zero-order valence-electron chi connectivity index (χ0n) is 12.5. The first-order valence-electron chi connectivity index (χ1n) is 7.09. The molecule has 1 atom stereocenters. The van der Waals surface area contributed by atoms with Gasteiger partial charge in [-0.05, 0) is 50.7 Å². The second kappa shape index (κ2) is 7.22. The van der Waals surface area contributed by atoms with Crippen molar-refractivity contribution < 1.29 is 18.7 Å². The highest BCUT2D eigenvalue weighted by atomic mass is 32.1. The summed E-state index contributed by atoms with van der Waals surface area (Å²) in [6, 6.07) is 4.93. The molecule has 1 heterocycles. The third kappa shape index (κ3) is 4.17. The maximum absolute atomic E-state index is 12.2. The van der Waals surface area contributed by atoms with E-state index in [2.05, 4.69) is 10.3 Å². The van der Waals surface area contributed by atoms with E-state index < -0.39 is 0 Å². The van der Waals surface area contributed by atoms with E-state index in [-0.39, 0.29) is 29.2 Å². The van der Waals surface area contributed by atoms with Crippen LogP contribution in [0.4, 0.5) is 0 Å². The summed E-state index contributed by atoms with van der Waals surface area (Å²) in [5, 5.41) is 2.84. The van der Waals surface area contributed by atoms with E-state index in [1.165, 1.54) is 0 Å². The topological polar surface area (TPSA) is 84.3 Å². The third-order valence-electron chi connectivity index (χ3n) is 3.15. The lowest BCUT2D eigenvalue weighted by atomic mass is 10.1. The average Bonchev–Trinajstić information content (AvgIpc) is 2.84. The summed E-state index contributed by atoms with van der Waals surface area (Å²) < 4.78 is 10.1. The van der Waals surface area contributed by atoms with E-state index in [1.807, 2.05) is 6.92 Å². The van der Waals surface area contributed by atoms with Crippen LogP contribution in [0.5, 0.6) is 0 Å². The lowest BCUT2D eigenvalue weighted by Gasteiger charge is -2.13. The minimum absolute atomic E-state index is 0.134. The molecule has 0 saturated carbocycles. The summed E-state index contributed by atoms with van der Waals surface area (Å²) in [5.74, 6) is -0.477. The van der Waals surface area contributed by atoms with E-state index >= 15 is 0 Å². The van der Waals surface area contributed by atoms with Gasteiger partial charge in [-0.15, -0.1) is 0 Å². The second-order valence-corrected chi connectivity index (χ2v) is 5.31. The lowest BCUT2D eigenvalue weighted by molar-refractivity contribution is -0.143. The number of nitrogens with one attached hydrogen (secondary N) is 2. The van der Waals surface area contributed by atoms with Gasteiger partial charge in [0, 0.05) is 18.0 Å². The monoisotopic (exact) mass is 322 g/mol. The molecule has 118 valence electrons. The van der Waals surface area contributed by atoms with E-state index in [9.17, 15) is 9.59 Å². The van der Waals surface area contributed by atoms with Crippen molar-refractivity contribution in [1.29, 1.82) is 0 Å². The standard InChI is InChI=1S/C15H18N2O4S/c1-3-20-13(18)7-4-9(2)16-14(19)10-5-6-11-12(8-10)21-15(22)17-11/h5-6,8-9H,3-4,7H2,1-2H3,(H,16,19)(H,17,22)/t9-/m1/s1. The molecule has 7 heteroatoms. The smallest absolute Gasteiger partial charge is 0.305 e. The Bertz CT molecular complexity index is 734. The Labute approximate surface area is 132 Å². The van der Waals surface area contributed by atoms with Crippen LogP contribution in [-0.2, 0) is 9.53 Å². The number of aromatic nitrogens is 1. The number of fused-ring (bicyclic) bond motifs is 1. The van der Waals surface area contributed by atoms with Crippen molar-refractivity contribution in [3.05, 3.63) is 28.6 Å². The molecular formula is C15H18N2O4S. The minimum Gasteiger partial charge on any atom is -0.466 e. The Morgan fingerprint density at radius 3 is 2.95 bits per heavy atom. The molecule has 1 aromatic heterocycles. The number of oxazole rings is 1. The van der Waals surface area contributed by atoms with Gasteiger partial charge in [0.25, 0.3) is 10.7 Å². The predicted octanol–water partition coefficient (Wildman–Crippen LogP) is 2.95. The number of rotatable bonds is 6. The molecule has 1 aromatic carbocycles. The number of amides is 1. The maximum Gasteiger partial charge on any atom is 0.305 e. The number of H-pyrrole nitrogens is 1. The Morgan fingerprint density at radius 2 is 2.23 bits per heavy atom. The van der Waals surface area contributed by atoms with Crippen molar-refractivity contribution >= 4 is 35.2 Å². The number of benzene rings is 1. The second-order valence-electron chi connectivity index (χ2n) is 4.94. The molecule has 0 bridgehead atoms. The van der Waals surface area contributed by atoms with Crippen LogP contribution in [0.25, 0.3) is 11.1 Å². The molecule has 0 aliphatic rings. The van der Waals surface area contributed by atoms with Gasteiger partial charge < -0.3 is 19.5 Å². The van der Waals surface area contributed by atoms with Crippen molar-refractivity contribution in [2.45, 2.75) is 32.7 Å². The number of carbonyl (C=O) groups excluding carboxylic acids is 2. The predicted molar refractivity (Wildman–Crippen MR) is 84.2 cm³/mol. The van der Waals surface area contributed by atoms with E-state index in [1.54, 1.807) is 25.1 Å². The Hall–Kier alpha value is -2.15. The van der Waals surface area contributed by atoms with Gasteiger partial charge in [0.15, 0.2) is 5.58 Å². The number of aromatic amines is 1. The quantitative estimate of drug-likeness (QED) is 0.631. The van der Waals surface area contributed by atoms with Gasteiger partial charge in [0.2, 0.25) is 0 Å². The lowest BCUT2D eigenvalue weighted by Crippen LogP contribution is -2.33. The highest BCUT2D eigenvalue weighted by Gasteiger charge is 2.13. The fraction of sp³-hybridized carbons (Fsp3) is 0.400. The van der Waals surface area contributed by atoms with Crippen LogP contribution in [0.3, 0.4) is 0 Å². The zero-order valence-corrected chi connectivity index (χ0v) is 13.3. The van der Waals surface area contributed by atoms with Gasteiger partial charge in [-0.3, -0.25) is 9.59 Å². The van der Waals surface area contributed by atoms with Crippen molar-refractivity contribution in [2.75, 3.05) is 6.61 Å². The van der Waals surface area contributed by atoms with Crippen molar-refractivity contribution in [3.8, 4) is 0 Å². The molecule has 0 unspecified atom stereocenters. The molecule has 0 radical (unpaired) electrons. The van der Waals surface area contributed by atoms with Crippen molar-refractivity contribution in [1.82, 2.24) is 10.3 Å². The summed E-state index contributed by atoms with van der Waals surface area (Å²) in [4.78, 5) is 26.6. The van der Waals surface area contributed by atoms with E-state index in [0.717, 1.165) is 5.52 Å². The SMILES string of the molecule is CCOC(=O)CC[C@@H](C)NC(=O)c1ccc2[nH]c(=S)oc2c1. The zero-order chi connectivity index (χ0) is 16.1. The van der Waals surface area contributed by atoms with Gasteiger partial charge in [-0.2, -0.15) is 0 Å². The van der Waals surface area contributed by atoms with Gasteiger partial charge in [0.1, 0.15) is 0 Å². The normalized spacial score (nSPS) is 12.1.